The van der Waals surface area contributed by atoms with Crippen LogP contribution in [0.2, 0.25) is 0 Å². The molecule has 0 aliphatic rings. The van der Waals surface area contributed by atoms with Gasteiger partial charge in [-0.2, -0.15) is 0 Å². The van der Waals surface area contributed by atoms with Crippen LogP contribution in [0.25, 0.3) is 0 Å². The molecule has 1 amide bonds. The van der Waals surface area contributed by atoms with Gasteiger partial charge in [-0.25, -0.2) is 0 Å². The number of rotatable bonds is 72. The monoisotopic (exact) mass is 1180 g/mol. The van der Waals surface area contributed by atoms with Crippen LogP contribution >= 0.6 is 0 Å². The molecular formula is C78H149NO5. The Morgan fingerprint density at radius 2 is 0.595 bits per heavy atom. The Kier molecular flexibility index (Phi) is 71.9. The van der Waals surface area contributed by atoms with Crippen molar-refractivity contribution in [3.8, 4) is 0 Å². The number of hydrogen-bond acceptors (Lipinski definition) is 5. The van der Waals surface area contributed by atoms with Gasteiger partial charge in [0.2, 0.25) is 5.91 Å². The van der Waals surface area contributed by atoms with Crippen LogP contribution in [0, 0.1) is 0 Å². The van der Waals surface area contributed by atoms with Gasteiger partial charge in [0.25, 0.3) is 0 Å². The summed E-state index contributed by atoms with van der Waals surface area (Å²) in [6.07, 6.45) is 95.5. The first kappa shape index (κ1) is 82.1. The minimum absolute atomic E-state index is 0.00935. The topological polar surface area (TPSA) is 95.9 Å². The van der Waals surface area contributed by atoms with Crippen LogP contribution < -0.4 is 5.32 Å². The summed E-state index contributed by atoms with van der Waals surface area (Å²) in [6.45, 7) is 4.92. The number of nitrogens with one attached hydrogen (secondary N) is 1. The first-order chi connectivity index (χ1) is 41.5. The molecule has 84 heavy (non-hydrogen) atoms. The molecule has 2 unspecified atom stereocenters. The van der Waals surface area contributed by atoms with Gasteiger partial charge in [0.15, 0.2) is 0 Å². The molecule has 0 aliphatic heterocycles. The second-order valence-electron chi connectivity index (χ2n) is 26.3. The number of ether oxygens (including phenoxy) is 1. The van der Waals surface area contributed by atoms with Crippen molar-refractivity contribution in [2.45, 2.75) is 437 Å². The Morgan fingerprint density at radius 3 is 0.917 bits per heavy atom. The number of unbranched alkanes of at least 4 members (excludes halogenated alkanes) is 57. The zero-order valence-corrected chi connectivity index (χ0v) is 56.9. The number of esters is 1. The average molecular weight is 1180 g/mol. The molecule has 6 nitrogen and oxygen atoms in total. The Hall–Kier alpha value is -1.92. The SMILES string of the molecule is CCCCCC/C=C\C/C=C\CCCCCCCC(=O)OCCCCCCCCCCCCCCCCCCCCCCCCCCCCCCCCCCCCCC(=O)NC(CO)C(O)/C=C/CCCCCCCCCCCCCCCC. The maximum absolute atomic E-state index is 12.5. The summed E-state index contributed by atoms with van der Waals surface area (Å²) in [5.74, 6) is -0.0504. The minimum atomic E-state index is -0.841. The van der Waals surface area contributed by atoms with Gasteiger partial charge in [0.05, 0.1) is 25.4 Å². The zero-order valence-electron chi connectivity index (χ0n) is 56.9. The summed E-state index contributed by atoms with van der Waals surface area (Å²) in [6, 6.07) is -0.624. The van der Waals surface area contributed by atoms with Crippen molar-refractivity contribution in [1.29, 1.82) is 0 Å². The van der Waals surface area contributed by atoms with Gasteiger partial charge < -0.3 is 20.3 Å². The first-order valence-corrected chi connectivity index (χ1v) is 38.3. The molecule has 0 aromatic heterocycles. The largest absolute Gasteiger partial charge is 0.466 e. The summed E-state index contributed by atoms with van der Waals surface area (Å²) >= 11 is 0. The first-order valence-electron chi connectivity index (χ1n) is 38.3. The van der Waals surface area contributed by atoms with E-state index in [1.54, 1.807) is 6.08 Å². The summed E-state index contributed by atoms with van der Waals surface area (Å²) < 4.78 is 5.50. The quantitative estimate of drug-likeness (QED) is 0.0320. The molecule has 0 heterocycles. The van der Waals surface area contributed by atoms with E-state index in [2.05, 4.69) is 43.5 Å². The van der Waals surface area contributed by atoms with Crippen molar-refractivity contribution in [3.05, 3.63) is 36.5 Å². The Bertz CT molecular complexity index is 1360. The molecule has 0 fully saturated rings. The Labute approximate surface area is 525 Å². The standard InChI is InChI=1S/C78H149NO5/c1-3-5-7-9-11-13-15-17-19-42-46-50-54-58-62-66-70-76(81)75(74-80)79-77(82)71-67-63-59-55-51-47-43-40-38-36-34-32-30-28-26-24-22-21-23-25-27-29-31-33-35-37-39-41-45-49-53-57-61-65-69-73-84-78(83)72-68-64-60-56-52-48-44-20-18-16-14-12-10-8-6-4-2/h14,16,20,44,66,70,75-76,80-81H,3-13,15,17-19,21-43,45-65,67-69,71-74H2,1-2H3,(H,79,82)/b16-14-,44-20-,70-66+. The van der Waals surface area contributed by atoms with E-state index in [0.717, 1.165) is 51.4 Å². The van der Waals surface area contributed by atoms with E-state index in [0.29, 0.717) is 19.4 Å². The fourth-order valence-electron chi connectivity index (χ4n) is 12.1. The molecular weight excluding hydrogens is 1030 g/mol. The van der Waals surface area contributed by atoms with Gasteiger partial charge in [-0.1, -0.05) is 384 Å². The number of carbonyl (C=O) groups excluding carboxylic acids is 2. The number of hydrogen-bond donors (Lipinski definition) is 3. The van der Waals surface area contributed by atoms with Gasteiger partial charge in [-0.15, -0.1) is 0 Å². The maximum atomic E-state index is 12.5. The van der Waals surface area contributed by atoms with Gasteiger partial charge in [-0.3, -0.25) is 9.59 Å². The van der Waals surface area contributed by atoms with Crippen molar-refractivity contribution in [3.63, 3.8) is 0 Å². The van der Waals surface area contributed by atoms with Gasteiger partial charge >= 0.3 is 5.97 Å². The molecule has 0 spiro atoms. The highest BCUT2D eigenvalue weighted by Gasteiger charge is 2.18. The highest BCUT2D eigenvalue weighted by Crippen LogP contribution is 2.19. The Balaban J connectivity index is 3.32. The van der Waals surface area contributed by atoms with E-state index in [1.807, 2.05) is 6.08 Å². The van der Waals surface area contributed by atoms with Crippen LogP contribution in [-0.4, -0.2) is 47.4 Å². The van der Waals surface area contributed by atoms with Gasteiger partial charge in [0, 0.05) is 12.8 Å². The smallest absolute Gasteiger partial charge is 0.305 e. The predicted octanol–water partition coefficient (Wildman–Crippen LogP) is 25.0. The van der Waals surface area contributed by atoms with Crippen molar-refractivity contribution in [2.75, 3.05) is 13.2 Å². The normalized spacial score (nSPS) is 12.7. The maximum Gasteiger partial charge on any atom is 0.305 e. The second-order valence-corrected chi connectivity index (χ2v) is 26.3. The molecule has 2 atom stereocenters. The lowest BCUT2D eigenvalue weighted by Gasteiger charge is -2.20. The van der Waals surface area contributed by atoms with E-state index in [4.69, 9.17) is 4.74 Å². The highest BCUT2D eigenvalue weighted by atomic mass is 16.5. The number of carbonyl (C=O) groups is 2. The molecule has 0 radical (unpaired) electrons. The lowest BCUT2D eigenvalue weighted by molar-refractivity contribution is -0.143. The fourth-order valence-corrected chi connectivity index (χ4v) is 12.1. The van der Waals surface area contributed by atoms with Crippen molar-refractivity contribution < 1.29 is 24.5 Å². The third kappa shape index (κ3) is 69.2. The van der Waals surface area contributed by atoms with Crippen LogP contribution in [-0.2, 0) is 14.3 Å². The van der Waals surface area contributed by atoms with Crippen molar-refractivity contribution in [2.24, 2.45) is 0 Å². The molecule has 3 N–H and O–H groups in total. The Morgan fingerprint density at radius 1 is 0.333 bits per heavy atom. The third-order valence-corrected chi connectivity index (χ3v) is 17.9. The summed E-state index contributed by atoms with van der Waals surface area (Å²) in [5.41, 5.74) is 0. The third-order valence-electron chi connectivity index (χ3n) is 17.9. The van der Waals surface area contributed by atoms with Crippen LogP contribution in [0.1, 0.15) is 425 Å². The van der Waals surface area contributed by atoms with E-state index >= 15 is 0 Å². The molecule has 0 aliphatic carbocycles. The number of allylic oxidation sites excluding steroid dienone is 5. The van der Waals surface area contributed by atoms with Crippen molar-refractivity contribution >= 4 is 11.9 Å². The zero-order chi connectivity index (χ0) is 60.6. The molecule has 6 heteroatoms. The molecule has 496 valence electrons. The number of amides is 1. The van der Waals surface area contributed by atoms with Gasteiger partial charge in [0.1, 0.15) is 0 Å². The van der Waals surface area contributed by atoms with Crippen LogP contribution in [0.4, 0.5) is 0 Å². The minimum Gasteiger partial charge on any atom is -0.466 e. The summed E-state index contributed by atoms with van der Waals surface area (Å²) in [7, 11) is 0. The van der Waals surface area contributed by atoms with Crippen LogP contribution in [0.15, 0.2) is 36.5 Å². The van der Waals surface area contributed by atoms with E-state index in [9.17, 15) is 19.8 Å². The molecule has 0 rings (SSSR count). The average Bonchev–Trinajstić information content (AvgIpc) is 3.51. The fraction of sp³-hybridized carbons (Fsp3) is 0.897. The molecule has 0 aromatic carbocycles. The van der Waals surface area contributed by atoms with E-state index in [1.165, 1.54) is 347 Å². The predicted molar refractivity (Wildman–Crippen MR) is 370 cm³/mol. The van der Waals surface area contributed by atoms with Crippen LogP contribution in [0.5, 0.6) is 0 Å². The molecule has 0 saturated heterocycles. The lowest BCUT2D eigenvalue weighted by Crippen LogP contribution is -2.45. The second kappa shape index (κ2) is 73.5. The number of aliphatic hydroxyl groups excluding tert-OH is 2. The summed E-state index contributed by atoms with van der Waals surface area (Å²) in [4.78, 5) is 24.6. The van der Waals surface area contributed by atoms with Gasteiger partial charge in [-0.05, 0) is 64.2 Å². The number of aliphatic hydroxyl groups is 2. The molecule has 0 aromatic rings. The van der Waals surface area contributed by atoms with E-state index < -0.39 is 12.1 Å². The van der Waals surface area contributed by atoms with Crippen LogP contribution in [0.3, 0.4) is 0 Å². The van der Waals surface area contributed by atoms with Crippen molar-refractivity contribution in [1.82, 2.24) is 5.32 Å². The summed E-state index contributed by atoms with van der Waals surface area (Å²) in [5, 5.41) is 23.2. The van der Waals surface area contributed by atoms with E-state index in [-0.39, 0.29) is 18.5 Å². The highest BCUT2D eigenvalue weighted by molar-refractivity contribution is 5.76. The molecule has 0 bridgehead atoms. The molecule has 0 saturated carbocycles. The lowest BCUT2D eigenvalue weighted by atomic mass is 10.0.